The van der Waals surface area contributed by atoms with Gasteiger partial charge in [0, 0.05) is 21.5 Å². The molecule has 3 nitrogen and oxygen atoms in total. The van der Waals surface area contributed by atoms with E-state index in [2.05, 4.69) is 92.9 Å². The molecule has 0 atom stereocenters. The van der Waals surface area contributed by atoms with Crippen LogP contribution in [0, 0.1) is 0 Å². The Kier molecular flexibility index (Phi) is 6.05. The zero-order chi connectivity index (χ0) is 28.1. The molecule has 0 unspecified atom stereocenters. The van der Waals surface area contributed by atoms with Crippen LogP contribution in [0.1, 0.15) is 25.8 Å². The third-order valence-electron chi connectivity index (χ3n) is 8.00. The molecule has 4 heteroatoms. The average molecular weight is 532 g/mol. The van der Waals surface area contributed by atoms with Crippen molar-refractivity contribution in [2.75, 3.05) is 0 Å². The largest absolute Gasteiger partial charge is 0.458 e. The molecular weight excluding hydrogens is 503 g/mol. The van der Waals surface area contributed by atoms with Crippen LogP contribution in [-0.2, 0) is 0 Å². The SMILES string of the molecule is C=C/C(c1cccc(-c2cc3c4c(c2)Oc2ccccc2B4c2ccccc2O3)c1)=c1/oc(=C/CC)/c(=C\C)c1=C. The molecule has 1 aromatic heterocycles. The van der Waals surface area contributed by atoms with E-state index >= 15 is 0 Å². The summed E-state index contributed by atoms with van der Waals surface area (Å²) in [7, 11) is 0. The molecule has 2 aliphatic rings. The molecule has 5 aromatic rings. The minimum atomic E-state index is 0.0594. The van der Waals surface area contributed by atoms with Crippen LogP contribution >= 0.6 is 0 Å². The van der Waals surface area contributed by atoms with Crippen LogP contribution in [0.5, 0.6) is 23.0 Å². The lowest BCUT2D eigenvalue weighted by Gasteiger charge is -2.33. The normalized spacial score (nSPS) is 14.4. The van der Waals surface area contributed by atoms with E-state index in [-0.39, 0.29) is 6.71 Å². The van der Waals surface area contributed by atoms with Gasteiger partial charge in [-0.25, -0.2) is 0 Å². The van der Waals surface area contributed by atoms with Gasteiger partial charge < -0.3 is 13.9 Å². The molecule has 0 radical (unpaired) electrons. The summed E-state index contributed by atoms with van der Waals surface area (Å²) in [5.74, 6) is 3.40. The van der Waals surface area contributed by atoms with Crippen LogP contribution in [0.15, 0.2) is 102 Å². The lowest BCUT2D eigenvalue weighted by Crippen LogP contribution is -2.57. The average Bonchev–Trinajstić information content (AvgIpc) is 3.31. The fraction of sp³-hybridized carbons (Fsp3) is 0.0811. The second kappa shape index (κ2) is 9.90. The Morgan fingerprint density at radius 1 is 0.805 bits per heavy atom. The van der Waals surface area contributed by atoms with Crippen molar-refractivity contribution < 1.29 is 13.9 Å². The molecule has 0 bridgehead atoms. The number of fused-ring (bicyclic) bond motifs is 4. The molecule has 0 saturated heterocycles. The summed E-state index contributed by atoms with van der Waals surface area (Å²) in [4.78, 5) is 0. The molecule has 4 aromatic carbocycles. The first-order valence-corrected chi connectivity index (χ1v) is 14.0. The summed E-state index contributed by atoms with van der Waals surface area (Å²) in [5, 5.41) is 1.89. The van der Waals surface area contributed by atoms with Crippen molar-refractivity contribution in [1.82, 2.24) is 0 Å². The van der Waals surface area contributed by atoms with Gasteiger partial charge in [-0.2, -0.15) is 0 Å². The quantitative estimate of drug-likeness (QED) is 0.314. The van der Waals surface area contributed by atoms with Crippen molar-refractivity contribution in [1.29, 1.82) is 0 Å². The number of hydrogen-bond acceptors (Lipinski definition) is 3. The summed E-state index contributed by atoms with van der Waals surface area (Å²) in [6.45, 7) is 12.6. The molecule has 7 rings (SSSR count). The van der Waals surface area contributed by atoms with Crippen molar-refractivity contribution in [3.63, 3.8) is 0 Å². The van der Waals surface area contributed by atoms with E-state index in [1.165, 1.54) is 0 Å². The van der Waals surface area contributed by atoms with E-state index < -0.39 is 0 Å². The van der Waals surface area contributed by atoms with E-state index in [1.54, 1.807) is 0 Å². The summed E-state index contributed by atoms with van der Waals surface area (Å²) in [6, 6.07) is 29.2. The number of ether oxygens (including phenoxy) is 2. The van der Waals surface area contributed by atoms with Gasteiger partial charge in [-0.05, 0) is 77.4 Å². The van der Waals surface area contributed by atoms with Crippen molar-refractivity contribution in [2.45, 2.75) is 20.3 Å². The highest BCUT2D eigenvalue weighted by Gasteiger charge is 2.40. The van der Waals surface area contributed by atoms with Gasteiger partial charge >= 0.3 is 0 Å². The molecule has 3 heterocycles. The van der Waals surface area contributed by atoms with E-state index in [0.717, 1.165) is 89.3 Å². The number of rotatable bonds is 4. The van der Waals surface area contributed by atoms with E-state index in [1.807, 2.05) is 37.3 Å². The second-order valence-corrected chi connectivity index (χ2v) is 10.4. The maximum Gasteiger partial charge on any atom is 0.260 e. The molecule has 0 fully saturated rings. The van der Waals surface area contributed by atoms with Crippen LogP contribution < -0.4 is 47.1 Å². The van der Waals surface area contributed by atoms with Crippen LogP contribution in [0.25, 0.3) is 35.4 Å². The lowest BCUT2D eigenvalue weighted by molar-refractivity contribution is 0.465. The van der Waals surface area contributed by atoms with Crippen molar-refractivity contribution >= 4 is 47.4 Å². The van der Waals surface area contributed by atoms with Gasteiger partial charge in [-0.3, -0.25) is 0 Å². The minimum Gasteiger partial charge on any atom is -0.458 e. The minimum absolute atomic E-state index is 0.0594. The number of furan rings is 1. The molecular formula is C37H29BO3. The van der Waals surface area contributed by atoms with Gasteiger partial charge in [-0.1, -0.05) is 86.8 Å². The van der Waals surface area contributed by atoms with Crippen LogP contribution in [0.2, 0.25) is 0 Å². The van der Waals surface area contributed by atoms with Gasteiger partial charge in [0.2, 0.25) is 0 Å². The number of benzene rings is 4. The first-order valence-electron chi connectivity index (χ1n) is 14.0. The van der Waals surface area contributed by atoms with Gasteiger partial charge in [0.1, 0.15) is 33.8 Å². The Morgan fingerprint density at radius 2 is 1.46 bits per heavy atom. The highest BCUT2D eigenvalue weighted by molar-refractivity contribution is 6.98. The summed E-state index contributed by atoms with van der Waals surface area (Å²) < 4.78 is 19.3. The molecule has 0 amide bonds. The van der Waals surface area contributed by atoms with Crippen LogP contribution in [-0.4, -0.2) is 6.71 Å². The Bertz CT molecular complexity index is 2030. The third kappa shape index (κ3) is 3.98. The van der Waals surface area contributed by atoms with Gasteiger partial charge in [0.25, 0.3) is 6.71 Å². The number of allylic oxidation sites excluding steroid dienone is 1. The van der Waals surface area contributed by atoms with Gasteiger partial charge in [0.05, 0.1) is 0 Å². The third-order valence-corrected chi connectivity index (χ3v) is 8.00. The maximum atomic E-state index is 6.50. The molecule has 41 heavy (non-hydrogen) atoms. The maximum absolute atomic E-state index is 6.50. The van der Waals surface area contributed by atoms with Crippen LogP contribution in [0.4, 0.5) is 0 Å². The molecule has 0 spiro atoms. The summed E-state index contributed by atoms with van der Waals surface area (Å²) in [6.07, 6.45) is 6.87. The van der Waals surface area contributed by atoms with E-state index in [0.29, 0.717) is 0 Å². The molecule has 0 N–H and O–H groups in total. The predicted molar refractivity (Wildman–Crippen MR) is 170 cm³/mol. The Labute approximate surface area is 239 Å². The second-order valence-electron chi connectivity index (χ2n) is 10.4. The number of hydrogen-bond donors (Lipinski definition) is 0. The first-order chi connectivity index (χ1) is 20.1. The lowest BCUT2D eigenvalue weighted by atomic mass is 9.35. The molecule has 0 saturated carbocycles. The van der Waals surface area contributed by atoms with E-state index in [9.17, 15) is 0 Å². The van der Waals surface area contributed by atoms with Gasteiger partial charge in [0.15, 0.2) is 0 Å². The number of para-hydroxylation sites is 2. The fourth-order valence-corrected chi connectivity index (χ4v) is 6.14. The molecule has 198 valence electrons. The van der Waals surface area contributed by atoms with Crippen LogP contribution in [0.3, 0.4) is 0 Å². The zero-order valence-corrected chi connectivity index (χ0v) is 23.2. The monoisotopic (exact) mass is 532 g/mol. The van der Waals surface area contributed by atoms with Crippen molar-refractivity contribution in [3.05, 3.63) is 124 Å². The van der Waals surface area contributed by atoms with Crippen molar-refractivity contribution in [2.24, 2.45) is 0 Å². The summed E-state index contributed by atoms with van der Waals surface area (Å²) in [5.41, 5.74) is 8.94. The summed E-state index contributed by atoms with van der Waals surface area (Å²) >= 11 is 0. The topological polar surface area (TPSA) is 31.6 Å². The first kappa shape index (κ1) is 25.0. The zero-order valence-electron chi connectivity index (χ0n) is 23.2. The van der Waals surface area contributed by atoms with Crippen molar-refractivity contribution in [3.8, 4) is 34.1 Å². The Hall–Kier alpha value is -4.96. The van der Waals surface area contributed by atoms with Gasteiger partial charge in [-0.15, -0.1) is 0 Å². The Balaban J connectivity index is 1.41. The van der Waals surface area contributed by atoms with E-state index in [4.69, 9.17) is 13.9 Å². The predicted octanol–water partition coefficient (Wildman–Crippen LogP) is 4.46. The molecule has 2 aliphatic heterocycles. The highest BCUT2D eigenvalue weighted by atomic mass is 16.5. The smallest absolute Gasteiger partial charge is 0.260 e. The fourth-order valence-electron chi connectivity index (χ4n) is 6.14. The highest BCUT2D eigenvalue weighted by Crippen LogP contribution is 2.38. The molecule has 0 aliphatic carbocycles. The Morgan fingerprint density at radius 3 is 2.07 bits per heavy atom. The standard InChI is InChI=1S/C37H29BO3/c1-5-13-31-27(6-2)23(4)37(41-31)28(7-3)25-15-12-14-24(20-25)26-21-34-36-35(22-26)40-33-19-11-9-17-30(33)38(36)29-16-8-10-18-32(29)39-34/h6-22H,3-5H2,1-2H3/b27-6-,31-13+,37-28-.